The molecule has 0 spiro atoms. The average Bonchev–Trinajstić information content (AvgIpc) is 2.83. The van der Waals surface area contributed by atoms with Crippen molar-refractivity contribution in [2.75, 3.05) is 18.4 Å². The lowest BCUT2D eigenvalue weighted by Gasteiger charge is -2.31. The van der Waals surface area contributed by atoms with Gasteiger partial charge in [-0.3, -0.25) is 5.32 Å². The van der Waals surface area contributed by atoms with E-state index in [1.807, 2.05) is 0 Å². The molecule has 1 N–H and O–H groups in total. The zero-order valence-electron chi connectivity index (χ0n) is 12.5. The van der Waals surface area contributed by atoms with Gasteiger partial charge in [-0.15, -0.1) is 0 Å². The molecular weight excluding hydrogens is 278 g/mol. The standard InChI is InChI=1S/C14H22F2N4O/c1-11(2)4-8-20-12(3-7-17-20)18-13(21)19-9-5-14(15,16)6-10-19/h3,7,11H,4-6,8-10H2,1-2H3,(H,18,21). The molecule has 21 heavy (non-hydrogen) atoms. The van der Waals surface area contributed by atoms with E-state index in [1.165, 1.54) is 4.90 Å². The Hall–Kier alpha value is -1.66. The lowest BCUT2D eigenvalue weighted by atomic mass is 10.1. The Morgan fingerprint density at radius 1 is 1.43 bits per heavy atom. The average molecular weight is 300 g/mol. The second-order valence-electron chi connectivity index (χ2n) is 5.90. The monoisotopic (exact) mass is 300 g/mol. The van der Waals surface area contributed by atoms with Crippen LogP contribution in [0.5, 0.6) is 0 Å². The molecule has 2 rings (SSSR count). The lowest BCUT2D eigenvalue weighted by Crippen LogP contribution is -2.44. The molecule has 7 heteroatoms. The van der Waals surface area contributed by atoms with Gasteiger partial charge in [0.25, 0.3) is 5.92 Å². The van der Waals surface area contributed by atoms with Gasteiger partial charge in [-0.1, -0.05) is 13.8 Å². The van der Waals surface area contributed by atoms with Gasteiger partial charge in [0.1, 0.15) is 5.82 Å². The first-order valence-corrected chi connectivity index (χ1v) is 7.33. The molecule has 2 heterocycles. The maximum Gasteiger partial charge on any atom is 0.323 e. The first-order chi connectivity index (χ1) is 9.87. The zero-order chi connectivity index (χ0) is 15.5. The highest BCUT2D eigenvalue weighted by Crippen LogP contribution is 2.27. The summed E-state index contributed by atoms with van der Waals surface area (Å²) in [4.78, 5) is 13.5. The first-order valence-electron chi connectivity index (χ1n) is 7.33. The summed E-state index contributed by atoms with van der Waals surface area (Å²) in [6, 6.07) is 1.38. The highest BCUT2D eigenvalue weighted by atomic mass is 19.3. The van der Waals surface area contributed by atoms with Crippen LogP contribution in [0, 0.1) is 5.92 Å². The Morgan fingerprint density at radius 2 is 2.10 bits per heavy atom. The van der Waals surface area contributed by atoms with Crippen molar-refractivity contribution in [1.82, 2.24) is 14.7 Å². The molecule has 0 atom stereocenters. The maximum atomic E-state index is 13.1. The largest absolute Gasteiger partial charge is 0.324 e. The fourth-order valence-electron chi connectivity index (χ4n) is 2.22. The number of carbonyl (C=O) groups excluding carboxylic acids is 1. The highest BCUT2D eigenvalue weighted by Gasteiger charge is 2.35. The van der Waals surface area contributed by atoms with E-state index in [1.54, 1.807) is 16.9 Å². The second-order valence-corrected chi connectivity index (χ2v) is 5.90. The summed E-state index contributed by atoms with van der Waals surface area (Å²) in [6.07, 6.45) is 2.04. The number of anilines is 1. The summed E-state index contributed by atoms with van der Waals surface area (Å²) in [5, 5.41) is 6.93. The number of carbonyl (C=O) groups is 1. The molecule has 0 unspecified atom stereocenters. The van der Waals surface area contributed by atoms with Crippen molar-refractivity contribution in [1.29, 1.82) is 0 Å². The topological polar surface area (TPSA) is 50.2 Å². The molecule has 118 valence electrons. The van der Waals surface area contributed by atoms with Gasteiger partial charge in [0.05, 0.1) is 6.20 Å². The number of likely N-dealkylation sites (tertiary alicyclic amines) is 1. The van der Waals surface area contributed by atoms with Gasteiger partial charge in [-0.25, -0.2) is 18.3 Å². The van der Waals surface area contributed by atoms with Crippen molar-refractivity contribution in [3.8, 4) is 0 Å². The van der Waals surface area contributed by atoms with Gasteiger partial charge in [0.15, 0.2) is 0 Å². The number of alkyl halides is 2. The van der Waals surface area contributed by atoms with Crippen molar-refractivity contribution >= 4 is 11.8 Å². The fourth-order valence-corrected chi connectivity index (χ4v) is 2.22. The van der Waals surface area contributed by atoms with E-state index in [0.717, 1.165) is 13.0 Å². The van der Waals surface area contributed by atoms with Gasteiger partial charge in [-0.05, 0) is 12.3 Å². The van der Waals surface area contributed by atoms with Crippen LogP contribution in [0.15, 0.2) is 12.3 Å². The summed E-state index contributed by atoms with van der Waals surface area (Å²) < 4.78 is 27.9. The molecule has 1 saturated heterocycles. The van der Waals surface area contributed by atoms with E-state index in [4.69, 9.17) is 0 Å². The molecule has 2 amide bonds. The normalized spacial score (nSPS) is 18.0. The van der Waals surface area contributed by atoms with Crippen LogP contribution in [-0.4, -0.2) is 39.7 Å². The van der Waals surface area contributed by atoms with Crippen LogP contribution in [0.2, 0.25) is 0 Å². The molecule has 1 fully saturated rings. The molecule has 1 aliphatic heterocycles. The van der Waals surface area contributed by atoms with E-state index >= 15 is 0 Å². The lowest BCUT2D eigenvalue weighted by molar-refractivity contribution is -0.0461. The highest BCUT2D eigenvalue weighted by molar-refractivity contribution is 5.88. The van der Waals surface area contributed by atoms with Crippen LogP contribution in [0.1, 0.15) is 33.1 Å². The number of amides is 2. The van der Waals surface area contributed by atoms with E-state index < -0.39 is 5.92 Å². The molecule has 0 bridgehead atoms. The predicted octanol–water partition coefficient (Wildman–Crippen LogP) is 3.19. The molecule has 5 nitrogen and oxygen atoms in total. The van der Waals surface area contributed by atoms with Crippen molar-refractivity contribution in [2.45, 2.75) is 45.6 Å². The SMILES string of the molecule is CC(C)CCn1nccc1NC(=O)N1CCC(F)(F)CC1. The minimum Gasteiger partial charge on any atom is -0.324 e. The number of aromatic nitrogens is 2. The number of rotatable bonds is 4. The Kier molecular flexibility index (Phi) is 4.80. The predicted molar refractivity (Wildman–Crippen MR) is 76.5 cm³/mol. The summed E-state index contributed by atoms with van der Waals surface area (Å²) in [7, 11) is 0. The molecule has 0 aliphatic carbocycles. The van der Waals surface area contributed by atoms with Crippen molar-refractivity contribution in [3.63, 3.8) is 0 Å². The third-order valence-electron chi connectivity index (χ3n) is 3.65. The van der Waals surface area contributed by atoms with E-state index in [2.05, 4.69) is 24.3 Å². The summed E-state index contributed by atoms with van der Waals surface area (Å²) in [5.74, 6) is -1.49. The van der Waals surface area contributed by atoms with Gasteiger partial charge < -0.3 is 4.90 Å². The van der Waals surface area contributed by atoms with E-state index in [0.29, 0.717) is 11.7 Å². The minimum absolute atomic E-state index is 0.0823. The van der Waals surface area contributed by atoms with Gasteiger partial charge in [0.2, 0.25) is 0 Å². The summed E-state index contributed by atoms with van der Waals surface area (Å²) in [6.45, 7) is 5.13. The number of nitrogens with one attached hydrogen (secondary N) is 1. The van der Waals surface area contributed by atoms with Crippen LogP contribution in [0.4, 0.5) is 19.4 Å². The number of hydrogen-bond acceptors (Lipinski definition) is 2. The zero-order valence-corrected chi connectivity index (χ0v) is 12.5. The van der Waals surface area contributed by atoms with Crippen molar-refractivity contribution < 1.29 is 13.6 Å². The number of halogens is 2. The van der Waals surface area contributed by atoms with E-state index in [9.17, 15) is 13.6 Å². The number of urea groups is 1. The van der Waals surface area contributed by atoms with Crippen LogP contribution < -0.4 is 5.32 Å². The molecule has 1 aromatic rings. The van der Waals surface area contributed by atoms with Crippen LogP contribution in [-0.2, 0) is 6.54 Å². The van der Waals surface area contributed by atoms with Gasteiger partial charge >= 0.3 is 6.03 Å². The smallest absolute Gasteiger partial charge is 0.323 e. The molecule has 1 aromatic heterocycles. The Bertz CT molecular complexity index is 477. The molecular formula is C14H22F2N4O. The minimum atomic E-state index is -2.64. The Labute approximate surface area is 123 Å². The van der Waals surface area contributed by atoms with Gasteiger partial charge in [-0.2, -0.15) is 5.10 Å². The third kappa shape index (κ3) is 4.41. The van der Waals surface area contributed by atoms with Crippen LogP contribution in [0.3, 0.4) is 0 Å². The maximum absolute atomic E-state index is 13.1. The number of hydrogen-bond donors (Lipinski definition) is 1. The molecule has 0 aromatic carbocycles. The molecule has 0 saturated carbocycles. The summed E-state index contributed by atoms with van der Waals surface area (Å²) >= 11 is 0. The number of aryl methyl sites for hydroxylation is 1. The van der Waals surface area contributed by atoms with E-state index in [-0.39, 0.29) is 32.0 Å². The Morgan fingerprint density at radius 3 is 2.71 bits per heavy atom. The summed E-state index contributed by atoms with van der Waals surface area (Å²) in [5.41, 5.74) is 0. The third-order valence-corrected chi connectivity index (χ3v) is 3.65. The Balaban J connectivity index is 1.90. The van der Waals surface area contributed by atoms with Crippen LogP contribution in [0.25, 0.3) is 0 Å². The van der Waals surface area contributed by atoms with Gasteiger partial charge in [0, 0.05) is 38.5 Å². The first kappa shape index (κ1) is 15.7. The van der Waals surface area contributed by atoms with Crippen molar-refractivity contribution in [3.05, 3.63) is 12.3 Å². The fraction of sp³-hybridized carbons (Fsp3) is 0.714. The quantitative estimate of drug-likeness (QED) is 0.928. The molecule has 1 aliphatic rings. The van der Waals surface area contributed by atoms with Crippen molar-refractivity contribution in [2.24, 2.45) is 5.92 Å². The van der Waals surface area contributed by atoms with Crippen LogP contribution >= 0.6 is 0 Å². The molecule has 0 radical (unpaired) electrons. The number of nitrogens with zero attached hydrogens (tertiary/aromatic N) is 3. The number of piperidine rings is 1. The second kappa shape index (κ2) is 6.41.